The Morgan fingerprint density at radius 2 is 2.03 bits per heavy atom. The largest absolute Gasteiger partial charge is 0.497 e. The Hall–Kier alpha value is -3.15. The Balaban J connectivity index is 1.65. The van der Waals surface area contributed by atoms with Gasteiger partial charge in [0.1, 0.15) is 5.75 Å². The number of amides is 1. The summed E-state index contributed by atoms with van der Waals surface area (Å²) in [6, 6.07) is 10.2. The molecule has 0 unspecified atom stereocenters. The van der Waals surface area contributed by atoms with E-state index in [-0.39, 0.29) is 6.04 Å². The molecule has 30 heavy (non-hydrogen) atoms. The van der Waals surface area contributed by atoms with Gasteiger partial charge in [0, 0.05) is 23.6 Å². The molecule has 1 aromatic heterocycles. The van der Waals surface area contributed by atoms with Gasteiger partial charge in [-0.15, -0.1) is 0 Å². The van der Waals surface area contributed by atoms with E-state index in [1.54, 1.807) is 14.2 Å². The van der Waals surface area contributed by atoms with Crippen LogP contribution in [0.5, 0.6) is 17.2 Å². The van der Waals surface area contributed by atoms with Crippen LogP contribution in [0.15, 0.2) is 36.5 Å². The fourth-order valence-electron chi connectivity index (χ4n) is 4.39. The number of hydrogen-bond donors (Lipinski definition) is 1. The van der Waals surface area contributed by atoms with E-state index in [2.05, 4.69) is 29.4 Å². The monoisotopic (exact) mass is 408 g/mol. The summed E-state index contributed by atoms with van der Waals surface area (Å²) in [5.41, 5.74) is 4.68. The van der Waals surface area contributed by atoms with Crippen molar-refractivity contribution in [1.82, 2.24) is 9.88 Å². The van der Waals surface area contributed by atoms with Crippen LogP contribution in [-0.4, -0.2) is 43.7 Å². The van der Waals surface area contributed by atoms with Gasteiger partial charge < -0.3 is 24.1 Å². The zero-order chi connectivity index (χ0) is 21.1. The number of carbonyl (C=O) groups excluding carboxylic acids is 1. The number of nitrogens with zero attached hydrogens (tertiary/aromatic N) is 1. The molecule has 1 N–H and O–H groups in total. The number of hydrogen-bond acceptors (Lipinski definition) is 4. The second kappa shape index (κ2) is 8.69. The smallest absolute Gasteiger partial charge is 0.210 e. The molecule has 0 saturated heterocycles. The molecule has 0 aliphatic carbocycles. The highest BCUT2D eigenvalue weighted by Crippen LogP contribution is 2.40. The van der Waals surface area contributed by atoms with Crippen LogP contribution in [0.2, 0.25) is 0 Å². The molecular weight excluding hydrogens is 380 g/mol. The summed E-state index contributed by atoms with van der Waals surface area (Å²) < 4.78 is 16.7. The SMILES string of the molecule is CCOc1cc2c(cc1OC)CCN(C=O)[C@H]2CCc1c[nH]c2ccc(OC)cc12. The molecular formula is C24H28N2O4. The molecule has 0 saturated carbocycles. The maximum absolute atomic E-state index is 11.8. The van der Waals surface area contributed by atoms with Crippen molar-refractivity contribution in [3.8, 4) is 17.2 Å². The number of aryl methyl sites for hydroxylation is 1. The summed E-state index contributed by atoms with van der Waals surface area (Å²) in [4.78, 5) is 17.1. The number of methoxy groups -OCH3 is 2. The van der Waals surface area contributed by atoms with Crippen LogP contribution in [0, 0.1) is 0 Å². The summed E-state index contributed by atoms with van der Waals surface area (Å²) in [6.45, 7) is 3.23. The number of benzene rings is 2. The minimum absolute atomic E-state index is 0.00641. The molecule has 0 radical (unpaired) electrons. The maximum atomic E-state index is 11.8. The first-order valence-corrected chi connectivity index (χ1v) is 10.4. The number of rotatable bonds is 8. The van der Waals surface area contributed by atoms with E-state index in [1.807, 2.05) is 24.0 Å². The second-order valence-corrected chi connectivity index (χ2v) is 7.51. The molecule has 0 fully saturated rings. The normalized spacial score (nSPS) is 15.7. The highest BCUT2D eigenvalue weighted by Gasteiger charge is 2.28. The lowest BCUT2D eigenvalue weighted by molar-refractivity contribution is -0.120. The third kappa shape index (κ3) is 3.70. The fourth-order valence-corrected chi connectivity index (χ4v) is 4.39. The van der Waals surface area contributed by atoms with Gasteiger partial charge in [-0.2, -0.15) is 0 Å². The van der Waals surface area contributed by atoms with Gasteiger partial charge in [0.25, 0.3) is 0 Å². The van der Waals surface area contributed by atoms with Crippen molar-refractivity contribution in [1.29, 1.82) is 0 Å². The van der Waals surface area contributed by atoms with E-state index < -0.39 is 0 Å². The second-order valence-electron chi connectivity index (χ2n) is 7.51. The van der Waals surface area contributed by atoms with Gasteiger partial charge in [-0.3, -0.25) is 4.79 Å². The lowest BCUT2D eigenvalue weighted by atomic mass is 9.88. The standard InChI is InChI=1S/C24H28N2O4/c1-4-30-24-13-20-16(11-23(24)29-3)9-10-26(15-27)22(20)8-5-17-14-25-21-7-6-18(28-2)12-19(17)21/h6-7,11-15,22,25H,4-5,8-10H2,1-3H3/t22-/m0/s1. The van der Waals surface area contributed by atoms with Gasteiger partial charge >= 0.3 is 0 Å². The van der Waals surface area contributed by atoms with E-state index in [9.17, 15) is 4.79 Å². The first-order valence-electron chi connectivity index (χ1n) is 10.4. The van der Waals surface area contributed by atoms with Gasteiger partial charge in [-0.25, -0.2) is 0 Å². The van der Waals surface area contributed by atoms with Crippen LogP contribution >= 0.6 is 0 Å². The Labute approximate surface area is 176 Å². The number of carbonyl (C=O) groups is 1. The van der Waals surface area contributed by atoms with Gasteiger partial charge in [-0.05, 0) is 73.2 Å². The third-order valence-corrected chi connectivity index (χ3v) is 5.92. The Morgan fingerprint density at radius 3 is 2.77 bits per heavy atom. The summed E-state index contributed by atoms with van der Waals surface area (Å²) in [5.74, 6) is 2.32. The van der Waals surface area contributed by atoms with Crippen LogP contribution in [0.3, 0.4) is 0 Å². The van der Waals surface area contributed by atoms with Crippen LogP contribution in [0.4, 0.5) is 0 Å². The van der Waals surface area contributed by atoms with Gasteiger partial charge in [-0.1, -0.05) is 0 Å². The summed E-state index contributed by atoms with van der Waals surface area (Å²) in [6.07, 6.45) is 5.51. The quantitative estimate of drug-likeness (QED) is 0.566. The Morgan fingerprint density at radius 1 is 1.17 bits per heavy atom. The van der Waals surface area contributed by atoms with E-state index in [0.29, 0.717) is 13.2 Å². The van der Waals surface area contributed by atoms with Crippen molar-refractivity contribution in [2.24, 2.45) is 0 Å². The highest BCUT2D eigenvalue weighted by molar-refractivity contribution is 5.84. The molecule has 4 rings (SSSR count). The molecule has 0 spiro atoms. The molecule has 158 valence electrons. The lowest BCUT2D eigenvalue weighted by Gasteiger charge is -2.35. The molecule has 2 heterocycles. The molecule has 1 atom stereocenters. The number of aromatic amines is 1. The molecule has 3 aromatic rings. The zero-order valence-corrected chi connectivity index (χ0v) is 17.7. The number of ether oxygens (including phenoxy) is 3. The van der Waals surface area contributed by atoms with E-state index in [4.69, 9.17) is 14.2 Å². The number of H-pyrrole nitrogens is 1. The van der Waals surface area contributed by atoms with Crippen LogP contribution in [0.1, 0.15) is 36.1 Å². The molecule has 6 heteroatoms. The Kier molecular flexibility index (Phi) is 5.84. The molecule has 1 amide bonds. The van der Waals surface area contributed by atoms with Crippen molar-refractivity contribution >= 4 is 17.3 Å². The first-order chi connectivity index (χ1) is 14.7. The van der Waals surface area contributed by atoms with Crippen LogP contribution in [0.25, 0.3) is 10.9 Å². The zero-order valence-electron chi connectivity index (χ0n) is 17.7. The highest BCUT2D eigenvalue weighted by atomic mass is 16.5. The van der Waals surface area contributed by atoms with Crippen molar-refractivity contribution in [2.45, 2.75) is 32.2 Å². The summed E-state index contributed by atoms with van der Waals surface area (Å²) in [7, 11) is 3.34. The predicted octanol–water partition coefficient (Wildman–Crippen LogP) is 4.27. The maximum Gasteiger partial charge on any atom is 0.210 e. The average Bonchev–Trinajstić information content (AvgIpc) is 3.19. The summed E-state index contributed by atoms with van der Waals surface area (Å²) in [5, 5.41) is 1.16. The minimum atomic E-state index is 0.00641. The van der Waals surface area contributed by atoms with Crippen molar-refractivity contribution in [3.63, 3.8) is 0 Å². The minimum Gasteiger partial charge on any atom is -0.497 e. The van der Waals surface area contributed by atoms with Gasteiger partial charge in [0.15, 0.2) is 11.5 Å². The molecule has 6 nitrogen and oxygen atoms in total. The van der Waals surface area contributed by atoms with E-state index in [1.165, 1.54) is 11.1 Å². The summed E-state index contributed by atoms with van der Waals surface area (Å²) >= 11 is 0. The van der Waals surface area contributed by atoms with Crippen molar-refractivity contribution in [3.05, 3.63) is 53.2 Å². The van der Waals surface area contributed by atoms with Crippen LogP contribution in [-0.2, 0) is 17.6 Å². The molecule has 1 aliphatic heterocycles. The number of nitrogens with one attached hydrogen (secondary N) is 1. The number of aromatic nitrogens is 1. The molecule has 0 bridgehead atoms. The predicted molar refractivity (Wildman–Crippen MR) is 117 cm³/mol. The molecule has 1 aliphatic rings. The lowest BCUT2D eigenvalue weighted by Crippen LogP contribution is -2.34. The van der Waals surface area contributed by atoms with E-state index in [0.717, 1.165) is 59.4 Å². The van der Waals surface area contributed by atoms with Crippen molar-refractivity contribution in [2.75, 3.05) is 27.4 Å². The number of fused-ring (bicyclic) bond motifs is 2. The first kappa shape index (κ1) is 20.1. The Bertz CT molecular complexity index is 1040. The third-order valence-electron chi connectivity index (χ3n) is 5.92. The average molecular weight is 408 g/mol. The van der Waals surface area contributed by atoms with Gasteiger partial charge in [0.2, 0.25) is 6.41 Å². The topological polar surface area (TPSA) is 63.8 Å². The molecule has 2 aromatic carbocycles. The van der Waals surface area contributed by atoms with Gasteiger partial charge in [0.05, 0.1) is 26.9 Å². The fraction of sp³-hybridized carbons (Fsp3) is 0.375. The van der Waals surface area contributed by atoms with E-state index >= 15 is 0 Å². The van der Waals surface area contributed by atoms with Crippen LogP contribution < -0.4 is 14.2 Å². The van der Waals surface area contributed by atoms with Crippen molar-refractivity contribution < 1.29 is 19.0 Å².